The Balaban J connectivity index is 2.09. The van der Waals surface area contributed by atoms with Crippen molar-refractivity contribution in [3.63, 3.8) is 0 Å². The number of nitrogens with one attached hydrogen (secondary N) is 1. The number of pyridine rings is 1. The number of nitrogens with zero attached hydrogens (tertiary/aromatic N) is 1. The second-order valence-electron chi connectivity index (χ2n) is 5.97. The fraction of sp³-hybridized carbons (Fsp3) is 0.500. The van der Waals surface area contributed by atoms with Crippen molar-refractivity contribution >= 4 is 16.6 Å². The Labute approximate surface area is 121 Å². The van der Waals surface area contributed by atoms with E-state index in [1.54, 1.807) is 0 Å². The predicted molar refractivity (Wildman–Crippen MR) is 86.5 cm³/mol. The highest BCUT2D eigenvalue weighted by atomic mass is 14.9. The van der Waals surface area contributed by atoms with Gasteiger partial charge in [0.05, 0.1) is 5.52 Å². The van der Waals surface area contributed by atoms with Gasteiger partial charge in [0, 0.05) is 29.2 Å². The fourth-order valence-electron chi connectivity index (χ4n) is 3.25. The number of anilines is 1. The molecule has 1 N–H and O–H groups in total. The second kappa shape index (κ2) is 5.82. The zero-order valence-corrected chi connectivity index (χ0v) is 12.6. The molecule has 1 heterocycles. The minimum Gasteiger partial charge on any atom is -0.384 e. The summed E-state index contributed by atoms with van der Waals surface area (Å²) < 4.78 is 0. The van der Waals surface area contributed by atoms with Gasteiger partial charge >= 0.3 is 0 Å². The van der Waals surface area contributed by atoms with Crippen LogP contribution in [0.5, 0.6) is 0 Å². The number of rotatable bonds is 4. The van der Waals surface area contributed by atoms with Crippen molar-refractivity contribution in [1.29, 1.82) is 0 Å². The van der Waals surface area contributed by atoms with Crippen molar-refractivity contribution in [2.45, 2.75) is 51.9 Å². The van der Waals surface area contributed by atoms with E-state index >= 15 is 0 Å². The van der Waals surface area contributed by atoms with Crippen LogP contribution in [0.1, 0.15) is 56.2 Å². The number of fused-ring (bicyclic) bond motifs is 1. The van der Waals surface area contributed by atoms with Crippen LogP contribution in [0.3, 0.4) is 0 Å². The van der Waals surface area contributed by atoms with E-state index in [-0.39, 0.29) is 0 Å². The van der Waals surface area contributed by atoms with Gasteiger partial charge in [0.25, 0.3) is 0 Å². The maximum Gasteiger partial charge on any atom is 0.0755 e. The molecule has 0 bridgehead atoms. The van der Waals surface area contributed by atoms with Gasteiger partial charge in [0.2, 0.25) is 0 Å². The molecule has 1 aromatic heterocycles. The van der Waals surface area contributed by atoms with Crippen molar-refractivity contribution in [2.75, 3.05) is 11.9 Å². The molecule has 2 heteroatoms. The highest BCUT2D eigenvalue weighted by molar-refractivity contribution is 5.93. The first-order chi connectivity index (χ1) is 9.79. The highest BCUT2D eigenvalue weighted by Gasteiger charge is 2.20. The summed E-state index contributed by atoms with van der Waals surface area (Å²) in [7, 11) is 0. The quantitative estimate of drug-likeness (QED) is 0.842. The lowest BCUT2D eigenvalue weighted by Gasteiger charge is -2.15. The van der Waals surface area contributed by atoms with Crippen molar-refractivity contribution in [1.82, 2.24) is 4.98 Å². The van der Waals surface area contributed by atoms with Crippen molar-refractivity contribution in [2.24, 2.45) is 0 Å². The molecule has 3 rings (SSSR count). The van der Waals surface area contributed by atoms with E-state index in [4.69, 9.17) is 4.98 Å². The summed E-state index contributed by atoms with van der Waals surface area (Å²) >= 11 is 0. The van der Waals surface area contributed by atoms with Crippen molar-refractivity contribution in [3.05, 3.63) is 35.5 Å². The summed E-state index contributed by atoms with van der Waals surface area (Å²) in [4.78, 5) is 4.99. The summed E-state index contributed by atoms with van der Waals surface area (Å²) in [5.41, 5.74) is 5.02. The Morgan fingerprint density at radius 1 is 1.25 bits per heavy atom. The monoisotopic (exact) mass is 268 g/mol. The Morgan fingerprint density at radius 3 is 2.80 bits per heavy atom. The molecule has 0 amide bonds. The molecule has 1 aliphatic rings. The van der Waals surface area contributed by atoms with Gasteiger partial charge in [-0.3, -0.25) is 4.98 Å². The number of hydrogen-bond donors (Lipinski definition) is 1. The molecule has 0 radical (unpaired) electrons. The average molecular weight is 268 g/mol. The average Bonchev–Trinajstić information content (AvgIpc) is 2.99. The zero-order valence-electron chi connectivity index (χ0n) is 12.6. The molecule has 0 aliphatic heterocycles. The summed E-state index contributed by atoms with van der Waals surface area (Å²) in [5.74, 6) is 0.668. The highest BCUT2D eigenvalue weighted by Crippen LogP contribution is 2.36. The second-order valence-corrected chi connectivity index (χ2v) is 5.97. The number of para-hydroxylation sites is 1. The van der Waals surface area contributed by atoms with E-state index in [9.17, 15) is 0 Å². The number of hydrogen-bond acceptors (Lipinski definition) is 2. The maximum absolute atomic E-state index is 4.99. The van der Waals surface area contributed by atoms with Gasteiger partial charge in [-0.1, -0.05) is 38.0 Å². The standard InChI is InChI=1S/C18H24N2/c1-3-11-19-17-12-16(14-8-4-5-9-14)20-18-13(2)7-6-10-15(17)18/h6-7,10,12,14H,3-5,8-9,11H2,1-2H3,(H,19,20). The lowest BCUT2D eigenvalue weighted by molar-refractivity contribution is 0.701. The van der Waals surface area contributed by atoms with Crippen LogP contribution in [0, 0.1) is 6.92 Å². The van der Waals surface area contributed by atoms with Crippen LogP contribution in [0.2, 0.25) is 0 Å². The Bertz CT molecular complexity index is 598. The van der Waals surface area contributed by atoms with Crippen LogP contribution >= 0.6 is 0 Å². The van der Waals surface area contributed by atoms with Crippen LogP contribution in [0.4, 0.5) is 5.69 Å². The molecule has 1 aromatic carbocycles. The van der Waals surface area contributed by atoms with Gasteiger partial charge in [-0.2, -0.15) is 0 Å². The van der Waals surface area contributed by atoms with Gasteiger partial charge < -0.3 is 5.32 Å². The predicted octanol–water partition coefficient (Wildman–Crippen LogP) is 5.02. The molecular formula is C18H24N2. The van der Waals surface area contributed by atoms with Crippen LogP contribution < -0.4 is 5.32 Å². The van der Waals surface area contributed by atoms with E-state index in [1.807, 2.05) is 0 Å². The molecule has 20 heavy (non-hydrogen) atoms. The number of benzene rings is 1. The van der Waals surface area contributed by atoms with E-state index in [2.05, 4.69) is 43.4 Å². The minimum absolute atomic E-state index is 0.668. The summed E-state index contributed by atoms with van der Waals surface area (Å²) in [6, 6.07) is 8.78. The Morgan fingerprint density at radius 2 is 2.05 bits per heavy atom. The maximum atomic E-state index is 4.99. The molecule has 0 spiro atoms. The van der Waals surface area contributed by atoms with Crippen LogP contribution in [-0.2, 0) is 0 Å². The molecule has 0 saturated heterocycles. The third kappa shape index (κ3) is 2.52. The van der Waals surface area contributed by atoms with E-state index in [0.29, 0.717) is 5.92 Å². The Kier molecular flexibility index (Phi) is 3.90. The molecule has 2 aromatic rings. The third-order valence-corrected chi connectivity index (χ3v) is 4.40. The summed E-state index contributed by atoms with van der Waals surface area (Å²) in [5, 5.41) is 4.85. The van der Waals surface area contributed by atoms with Crippen LogP contribution in [0.25, 0.3) is 10.9 Å². The Hall–Kier alpha value is -1.57. The number of aryl methyl sites for hydroxylation is 1. The normalized spacial score (nSPS) is 15.9. The summed E-state index contributed by atoms with van der Waals surface area (Å²) in [6.45, 7) is 5.40. The van der Waals surface area contributed by atoms with Gasteiger partial charge in [-0.05, 0) is 37.8 Å². The van der Waals surface area contributed by atoms with Gasteiger partial charge in [-0.15, -0.1) is 0 Å². The molecule has 106 valence electrons. The summed E-state index contributed by atoms with van der Waals surface area (Å²) in [6.07, 6.45) is 6.47. The first-order valence-corrected chi connectivity index (χ1v) is 7.93. The van der Waals surface area contributed by atoms with Gasteiger partial charge in [0.1, 0.15) is 0 Å². The van der Waals surface area contributed by atoms with Crippen LogP contribution in [0.15, 0.2) is 24.3 Å². The molecule has 2 nitrogen and oxygen atoms in total. The fourth-order valence-corrected chi connectivity index (χ4v) is 3.25. The van der Waals surface area contributed by atoms with Crippen LogP contribution in [-0.4, -0.2) is 11.5 Å². The lowest BCUT2D eigenvalue weighted by atomic mass is 10.00. The minimum atomic E-state index is 0.668. The molecular weight excluding hydrogens is 244 g/mol. The smallest absolute Gasteiger partial charge is 0.0755 e. The molecule has 1 fully saturated rings. The first kappa shape index (κ1) is 13.4. The SMILES string of the molecule is CCCNc1cc(C2CCCC2)nc2c(C)cccc12. The molecule has 0 atom stereocenters. The lowest BCUT2D eigenvalue weighted by Crippen LogP contribution is -2.05. The van der Waals surface area contributed by atoms with E-state index in [0.717, 1.165) is 13.0 Å². The largest absolute Gasteiger partial charge is 0.384 e. The molecule has 1 aliphatic carbocycles. The van der Waals surface area contributed by atoms with Crippen molar-refractivity contribution in [3.8, 4) is 0 Å². The van der Waals surface area contributed by atoms with Gasteiger partial charge in [0.15, 0.2) is 0 Å². The first-order valence-electron chi connectivity index (χ1n) is 7.93. The molecule has 1 saturated carbocycles. The third-order valence-electron chi connectivity index (χ3n) is 4.40. The zero-order chi connectivity index (χ0) is 13.9. The topological polar surface area (TPSA) is 24.9 Å². The van der Waals surface area contributed by atoms with E-state index < -0.39 is 0 Å². The molecule has 0 unspecified atom stereocenters. The number of aromatic nitrogens is 1. The van der Waals surface area contributed by atoms with Crippen molar-refractivity contribution < 1.29 is 0 Å². The van der Waals surface area contributed by atoms with E-state index in [1.165, 1.54) is 53.5 Å². The van der Waals surface area contributed by atoms with Gasteiger partial charge in [-0.25, -0.2) is 0 Å².